The van der Waals surface area contributed by atoms with E-state index < -0.39 is 5.69 Å². The maximum absolute atomic E-state index is 12.8. The van der Waals surface area contributed by atoms with Crippen molar-refractivity contribution in [2.75, 3.05) is 7.11 Å². The van der Waals surface area contributed by atoms with Gasteiger partial charge in [-0.1, -0.05) is 47.6 Å². The zero-order chi connectivity index (χ0) is 23.5. The SMILES string of the molecule is COc1ccc(CNC(=O)Cn2nc3c(-c4nc(-c5ccccc5)no4)cccn3c2=O)cc1. The van der Waals surface area contributed by atoms with Gasteiger partial charge in [0.15, 0.2) is 5.65 Å². The van der Waals surface area contributed by atoms with Crippen molar-refractivity contribution in [1.29, 1.82) is 0 Å². The van der Waals surface area contributed by atoms with Crippen molar-refractivity contribution in [2.45, 2.75) is 13.1 Å². The number of benzene rings is 2. The van der Waals surface area contributed by atoms with Crippen LogP contribution in [0.15, 0.2) is 82.2 Å². The average Bonchev–Trinajstić information content (AvgIpc) is 3.49. The first-order valence-corrected chi connectivity index (χ1v) is 10.5. The Kier molecular flexibility index (Phi) is 5.61. The molecule has 0 atom stereocenters. The molecule has 10 heteroatoms. The molecule has 0 spiro atoms. The van der Waals surface area contributed by atoms with E-state index in [1.165, 1.54) is 4.40 Å². The molecule has 0 unspecified atom stereocenters. The molecule has 1 N–H and O–H groups in total. The van der Waals surface area contributed by atoms with Crippen LogP contribution >= 0.6 is 0 Å². The van der Waals surface area contributed by atoms with E-state index in [4.69, 9.17) is 9.26 Å². The fourth-order valence-electron chi connectivity index (χ4n) is 3.48. The predicted molar refractivity (Wildman–Crippen MR) is 123 cm³/mol. The molecule has 0 bridgehead atoms. The zero-order valence-electron chi connectivity index (χ0n) is 18.2. The predicted octanol–water partition coefficient (Wildman–Crippen LogP) is 2.54. The van der Waals surface area contributed by atoms with Crippen molar-refractivity contribution in [1.82, 2.24) is 29.6 Å². The number of hydrogen-bond donors (Lipinski definition) is 1. The van der Waals surface area contributed by atoms with E-state index >= 15 is 0 Å². The Bertz CT molecular complexity index is 1500. The molecule has 0 aliphatic rings. The molecule has 34 heavy (non-hydrogen) atoms. The standard InChI is InChI=1S/C24H20N6O4/c1-33-18-11-9-16(10-12-18)14-25-20(31)15-30-24(32)29-13-5-8-19(22(29)27-30)23-26-21(28-34-23)17-6-3-2-4-7-17/h2-13H,14-15H2,1H3,(H,25,31). The molecule has 3 aromatic heterocycles. The van der Waals surface area contributed by atoms with Gasteiger partial charge in [0.1, 0.15) is 12.3 Å². The van der Waals surface area contributed by atoms with Crippen molar-refractivity contribution < 1.29 is 14.1 Å². The van der Waals surface area contributed by atoms with Crippen LogP contribution in [0.1, 0.15) is 5.56 Å². The fraction of sp³-hybridized carbons (Fsp3) is 0.125. The number of ether oxygens (including phenoxy) is 1. The number of fused-ring (bicyclic) bond motifs is 1. The molecule has 2 aromatic carbocycles. The number of pyridine rings is 1. The van der Waals surface area contributed by atoms with E-state index in [1.807, 2.05) is 54.6 Å². The normalized spacial score (nSPS) is 11.0. The Morgan fingerprint density at radius 1 is 1.06 bits per heavy atom. The molecule has 0 aliphatic carbocycles. The second-order valence-electron chi connectivity index (χ2n) is 7.47. The Hall–Kier alpha value is -4.73. The lowest BCUT2D eigenvalue weighted by Gasteiger charge is -2.06. The summed E-state index contributed by atoms with van der Waals surface area (Å²) in [5.74, 6) is 1.05. The van der Waals surface area contributed by atoms with Crippen LogP contribution in [0.4, 0.5) is 0 Å². The summed E-state index contributed by atoms with van der Waals surface area (Å²) in [7, 11) is 1.59. The lowest BCUT2D eigenvalue weighted by atomic mass is 10.2. The zero-order valence-corrected chi connectivity index (χ0v) is 18.2. The lowest BCUT2D eigenvalue weighted by Crippen LogP contribution is -2.32. The highest BCUT2D eigenvalue weighted by molar-refractivity contribution is 5.76. The largest absolute Gasteiger partial charge is 0.497 e. The third-order valence-electron chi connectivity index (χ3n) is 5.24. The minimum absolute atomic E-state index is 0.227. The summed E-state index contributed by atoms with van der Waals surface area (Å²) in [5, 5.41) is 11.2. The molecule has 170 valence electrons. The summed E-state index contributed by atoms with van der Waals surface area (Å²) in [5.41, 5.74) is 2.08. The molecule has 5 rings (SSSR count). The van der Waals surface area contributed by atoms with Gasteiger partial charge in [-0.25, -0.2) is 13.9 Å². The number of hydrogen-bond acceptors (Lipinski definition) is 7. The molecule has 0 saturated carbocycles. The second-order valence-corrected chi connectivity index (χ2v) is 7.47. The highest BCUT2D eigenvalue weighted by atomic mass is 16.5. The smallest absolute Gasteiger partial charge is 0.350 e. The summed E-state index contributed by atoms with van der Waals surface area (Å²) in [4.78, 5) is 29.7. The van der Waals surface area contributed by atoms with Gasteiger partial charge in [0.2, 0.25) is 11.7 Å². The Morgan fingerprint density at radius 2 is 1.85 bits per heavy atom. The molecular weight excluding hydrogens is 436 g/mol. The van der Waals surface area contributed by atoms with E-state index in [1.54, 1.807) is 25.4 Å². The van der Waals surface area contributed by atoms with E-state index in [-0.39, 0.29) is 18.3 Å². The van der Waals surface area contributed by atoms with Crippen molar-refractivity contribution in [3.05, 3.63) is 89.0 Å². The number of nitrogens with zero attached hydrogens (tertiary/aromatic N) is 5. The molecule has 10 nitrogen and oxygen atoms in total. The highest BCUT2D eigenvalue weighted by Gasteiger charge is 2.18. The van der Waals surface area contributed by atoms with Gasteiger partial charge in [0.25, 0.3) is 5.89 Å². The molecule has 0 saturated heterocycles. The average molecular weight is 456 g/mol. The number of aromatic nitrogens is 5. The van der Waals surface area contributed by atoms with Crippen LogP contribution in [-0.4, -0.2) is 37.3 Å². The van der Waals surface area contributed by atoms with Gasteiger partial charge >= 0.3 is 5.69 Å². The number of methoxy groups -OCH3 is 1. The van der Waals surface area contributed by atoms with Gasteiger partial charge in [0, 0.05) is 18.3 Å². The molecule has 5 aromatic rings. The third kappa shape index (κ3) is 4.16. The van der Waals surface area contributed by atoms with Gasteiger partial charge in [-0.3, -0.25) is 4.79 Å². The quantitative estimate of drug-likeness (QED) is 0.400. The summed E-state index contributed by atoms with van der Waals surface area (Å²) >= 11 is 0. The summed E-state index contributed by atoms with van der Waals surface area (Å²) in [6, 6.07) is 20.2. The van der Waals surface area contributed by atoms with Crippen LogP contribution in [-0.2, 0) is 17.9 Å². The number of carbonyl (C=O) groups excluding carboxylic acids is 1. The van der Waals surface area contributed by atoms with E-state index in [0.717, 1.165) is 21.6 Å². The van der Waals surface area contributed by atoms with Crippen LogP contribution in [0.5, 0.6) is 5.75 Å². The van der Waals surface area contributed by atoms with Gasteiger partial charge in [0.05, 0.1) is 12.7 Å². The van der Waals surface area contributed by atoms with E-state index in [9.17, 15) is 9.59 Å². The fourth-order valence-corrected chi connectivity index (χ4v) is 3.48. The first kappa shape index (κ1) is 21.1. The maximum atomic E-state index is 12.8. The lowest BCUT2D eigenvalue weighted by molar-refractivity contribution is -0.122. The van der Waals surface area contributed by atoms with Crippen molar-refractivity contribution in [3.8, 4) is 28.6 Å². The minimum atomic E-state index is -0.445. The third-order valence-corrected chi connectivity index (χ3v) is 5.24. The molecule has 0 aliphatic heterocycles. The molecule has 1 amide bonds. The summed E-state index contributed by atoms with van der Waals surface area (Å²) in [6.45, 7) is 0.0929. The summed E-state index contributed by atoms with van der Waals surface area (Å²) < 4.78 is 13.0. The molecule has 0 fully saturated rings. The van der Waals surface area contributed by atoms with Gasteiger partial charge in [-0.15, -0.1) is 5.10 Å². The number of carbonyl (C=O) groups is 1. The van der Waals surface area contributed by atoms with Crippen LogP contribution in [0.2, 0.25) is 0 Å². The topological polar surface area (TPSA) is 117 Å². The van der Waals surface area contributed by atoms with E-state index in [0.29, 0.717) is 23.6 Å². The monoisotopic (exact) mass is 456 g/mol. The van der Waals surface area contributed by atoms with E-state index in [2.05, 4.69) is 20.6 Å². The second kappa shape index (κ2) is 9.02. The Balaban J connectivity index is 1.36. The van der Waals surface area contributed by atoms with Crippen LogP contribution < -0.4 is 15.7 Å². The van der Waals surface area contributed by atoms with Crippen LogP contribution in [0.25, 0.3) is 28.5 Å². The molecule has 3 heterocycles. The molecule has 0 radical (unpaired) electrons. The number of rotatable bonds is 7. The number of amides is 1. The van der Waals surface area contributed by atoms with Crippen molar-refractivity contribution in [3.63, 3.8) is 0 Å². The van der Waals surface area contributed by atoms with Crippen molar-refractivity contribution in [2.24, 2.45) is 0 Å². The minimum Gasteiger partial charge on any atom is -0.497 e. The number of nitrogens with one attached hydrogen (secondary N) is 1. The van der Waals surface area contributed by atoms with Crippen LogP contribution in [0.3, 0.4) is 0 Å². The van der Waals surface area contributed by atoms with Gasteiger partial charge < -0.3 is 14.6 Å². The van der Waals surface area contributed by atoms with Crippen molar-refractivity contribution >= 4 is 11.6 Å². The van der Waals surface area contributed by atoms with Gasteiger partial charge in [-0.05, 0) is 29.8 Å². The Morgan fingerprint density at radius 3 is 2.62 bits per heavy atom. The van der Waals surface area contributed by atoms with Crippen LogP contribution in [0, 0.1) is 0 Å². The highest BCUT2D eigenvalue weighted by Crippen LogP contribution is 2.24. The summed E-state index contributed by atoms with van der Waals surface area (Å²) in [6.07, 6.45) is 1.58. The maximum Gasteiger partial charge on any atom is 0.350 e. The molecular formula is C24H20N6O4. The first-order chi connectivity index (χ1) is 16.6. The van der Waals surface area contributed by atoms with Gasteiger partial charge in [-0.2, -0.15) is 4.98 Å². The Labute approximate surface area is 193 Å². The first-order valence-electron chi connectivity index (χ1n) is 10.5.